The molecule has 0 aliphatic heterocycles. The van der Waals surface area contributed by atoms with Crippen molar-refractivity contribution in [2.75, 3.05) is 7.11 Å². The van der Waals surface area contributed by atoms with Crippen molar-refractivity contribution in [3.05, 3.63) is 61.0 Å². The Kier molecular flexibility index (Phi) is 4.44. The van der Waals surface area contributed by atoms with Crippen molar-refractivity contribution in [3.63, 3.8) is 0 Å². The van der Waals surface area contributed by atoms with E-state index in [1.165, 1.54) is 27.4 Å². The Morgan fingerprint density at radius 1 is 0.963 bits per heavy atom. The van der Waals surface area contributed by atoms with E-state index in [0.717, 1.165) is 13.7 Å². The van der Waals surface area contributed by atoms with Gasteiger partial charge in [-0.3, -0.25) is 28.3 Å². The summed E-state index contributed by atoms with van der Waals surface area (Å²) >= 11 is 0. The van der Waals surface area contributed by atoms with E-state index in [9.17, 15) is 19.5 Å². The van der Waals surface area contributed by atoms with Crippen LogP contribution in [0.1, 0.15) is 5.56 Å². The van der Waals surface area contributed by atoms with E-state index in [1.807, 2.05) is 0 Å². The van der Waals surface area contributed by atoms with Crippen molar-refractivity contribution in [3.8, 4) is 11.5 Å². The number of ether oxygens (including phenoxy) is 1. The van der Waals surface area contributed by atoms with E-state index in [1.54, 1.807) is 31.4 Å². The quantitative estimate of drug-likeness (QED) is 0.672. The first kappa shape index (κ1) is 18.2. The molecule has 0 radical (unpaired) electrons. The van der Waals surface area contributed by atoms with Crippen LogP contribution in [0.4, 0.5) is 5.69 Å². The summed E-state index contributed by atoms with van der Waals surface area (Å²) in [6.07, 6.45) is 1.20. The van der Waals surface area contributed by atoms with Crippen molar-refractivity contribution < 1.29 is 9.84 Å². The van der Waals surface area contributed by atoms with Gasteiger partial charge in [0.1, 0.15) is 28.1 Å². The second-order valence-corrected chi connectivity index (χ2v) is 5.99. The molecule has 0 unspecified atom stereocenters. The summed E-state index contributed by atoms with van der Waals surface area (Å²) in [6.45, 7) is 0. The summed E-state index contributed by atoms with van der Waals surface area (Å²) in [7, 11) is 5.70. The van der Waals surface area contributed by atoms with Gasteiger partial charge in [0.25, 0.3) is 11.1 Å². The van der Waals surface area contributed by atoms with Gasteiger partial charge in [0.05, 0.1) is 12.8 Å². The molecular formula is C18H18N4O5. The van der Waals surface area contributed by atoms with E-state index in [0.29, 0.717) is 11.4 Å². The van der Waals surface area contributed by atoms with E-state index in [-0.39, 0.29) is 16.6 Å². The highest BCUT2D eigenvalue weighted by molar-refractivity contribution is 5.94. The van der Waals surface area contributed by atoms with Crippen LogP contribution in [-0.2, 0) is 21.1 Å². The standard InChI is InChI=1S/C18H18N4O5/c1-20-15-13(17(25)22(3)18(26)21(15)2)14(23)12(16(20)24)9-19-10-5-7-11(27-4)8-6-10/h5-9,23H,1-4H3. The molecule has 9 nitrogen and oxygen atoms in total. The number of methoxy groups -OCH3 is 1. The molecule has 9 heteroatoms. The van der Waals surface area contributed by atoms with Gasteiger partial charge in [0.15, 0.2) is 0 Å². The zero-order chi connectivity index (χ0) is 19.9. The fourth-order valence-corrected chi connectivity index (χ4v) is 2.87. The molecule has 1 N–H and O–H groups in total. The van der Waals surface area contributed by atoms with Gasteiger partial charge in [-0.15, -0.1) is 0 Å². The van der Waals surface area contributed by atoms with Crippen molar-refractivity contribution in [2.24, 2.45) is 26.1 Å². The summed E-state index contributed by atoms with van der Waals surface area (Å²) in [6, 6.07) is 6.77. The maximum absolute atomic E-state index is 12.7. The van der Waals surface area contributed by atoms with Crippen molar-refractivity contribution in [2.45, 2.75) is 0 Å². The van der Waals surface area contributed by atoms with Crippen molar-refractivity contribution in [1.82, 2.24) is 13.7 Å². The van der Waals surface area contributed by atoms with Crippen LogP contribution in [0, 0.1) is 0 Å². The number of fused-ring (bicyclic) bond motifs is 1. The normalized spacial score (nSPS) is 11.4. The van der Waals surface area contributed by atoms with Crippen LogP contribution >= 0.6 is 0 Å². The fraction of sp³-hybridized carbons (Fsp3) is 0.222. The lowest BCUT2D eigenvalue weighted by molar-refractivity contribution is 0.415. The molecule has 0 aliphatic rings. The molecule has 0 saturated heterocycles. The van der Waals surface area contributed by atoms with Crippen molar-refractivity contribution >= 4 is 22.9 Å². The maximum Gasteiger partial charge on any atom is 0.332 e. The lowest BCUT2D eigenvalue weighted by atomic mass is 10.2. The third kappa shape index (κ3) is 2.82. The summed E-state index contributed by atoms with van der Waals surface area (Å²) < 4.78 is 8.23. The van der Waals surface area contributed by atoms with Crippen molar-refractivity contribution in [1.29, 1.82) is 0 Å². The molecule has 0 bridgehead atoms. The molecule has 3 rings (SSSR count). The van der Waals surface area contributed by atoms with Gasteiger partial charge in [0.2, 0.25) is 0 Å². The number of pyridine rings is 1. The second-order valence-electron chi connectivity index (χ2n) is 5.99. The average Bonchev–Trinajstić information content (AvgIpc) is 2.67. The highest BCUT2D eigenvalue weighted by atomic mass is 16.5. The molecule has 2 heterocycles. The molecule has 140 valence electrons. The van der Waals surface area contributed by atoms with Crippen LogP contribution in [0.25, 0.3) is 11.0 Å². The van der Waals surface area contributed by atoms with Crippen LogP contribution in [0.2, 0.25) is 0 Å². The Balaban J connectivity index is 2.28. The fourth-order valence-electron chi connectivity index (χ4n) is 2.87. The van der Waals surface area contributed by atoms with Crippen LogP contribution < -0.4 is 21.5 Å². The molecule has 0 atom stereocenters. The number of aryl methyl sites for hydroxylation is 2. The van der Waals surface area contributed by atoms with Crippen LogP contribution in [-0.4, -0.2) is 32.1 Å². The molecule has 27 heavy (non-hydrogen) atoms. The minimum atomic E-state index is -0.694. The maximum atomic E-state index is 12.7. The Labute approximate surface area is 153 Å². The lowest BCUT2D eigenvalue weighted by Crippen LogP contribution is -2.40. The van der Waals surface area contributed by atoms with Crippen LogP contribution in [0.15, 0.2) is 43.6 Å². The monoisotopic (exact) mass is 370 g/mol. The summed E-state index contributed by atoms with van der Waals surface area (Å²) in [5.74, 6) is 0.143. The molecule has 2 aromatic heterocycles. The summed E-state index contributed by atoms with van der Waals surface area (Å²) in [4.78, 5) is 41.5. The smallest absolute Gasteiger partial charge is 0.332 e. The minimum Gasteiger partial charge on any atom is -0.506 e. The Bertz CT molecular complexity index is 1250. The van der Waals surface area contributed by atoms with Gasteiger partial charge >= 0.3 is 5.69 Å². The van der Waals surface area contributed by atoms with Crippen LogP contribution in [0.5, 0.6) is 11.5 Å². The first-order chi connectivity index (χ1) is 12.8. The zero-order valence-corrected chi connectivity index (χ0v) is 15.3. The van der Waals surface area contributed by atoms with Gasteiger partial charge < -0.3 is 9.84 Å². The summed E-state index contributed by atoms with van der Waals surface area (Å²) in [5, 5.41) is 10.5. The topological polar surface area (TPSA) is 108 Å². The summed E-state index contributed by atoms with van der Waals surface area (Å²) in [5.41, 5.74) is -1.45. The highest BCUT2D eigenvalue weighted by Gasteiger charge is 2.20. The third-order valence-corrected chi connectivity index (χ3v) is 4.39. The van der Waals surface area contributed by atoms with Gasteiger partial charge in [-0.1, -0.05) is 0 Å². The molecule has 0 spiro atoms. The van der Waals surface area contributed by atoms with E-state index < -0.39 is 22.6 Å². The third-order valence-electron chi connectivity index (χ3n) is 4.39. The molecule has 0 aliphatic carbocycles. The first-order valence-electron chi connectivity index (χ1n) is 7.97. The van der Waals surface area contributed by atoms with Gasteiger partial charge in [0, 0.05) is 27.4 Å². The second kappa shape index (κ2) is 6.60. The number of rotatable bonds is 3. The van der Waals surface area contributed by atoms with E-state index >= 15 is 0 Å². The minimum absolute atomic E-state index is 0.0344. The molecular weight excluding hydrogens is 352 g/mol. The SMILES string of the molecule is COc1ccc(N=Cc2c(O)c3c(=O)n(C)c(=O)n(C)c3n(C)c2=O)cc1. The number of aromatic nitrogens is 3. The number of hydrogen-bond donors (Lipinski definition) is 1. The zero-order valence-electron chi connectivity index (χ0n) is 15.3. The van der Waals surface area contributed by atoms with E-state index in [2.05, 4.69) is 4.99 Å². The van der Waals surface area contributed by atoms with Crippen LogP contribution in [0.3, 0.4) is 0 Å². The largest absolute Gasteiger partial charge is 0.506 e. The Morgan fingerprint density at radius 2 is 1.59 bits per heavy atom. The molecule has 0 fully saturated rings. The number of benzene rings is 1. The predicted molar refractivity (Wildman–Crippen MR) is 102 cm³/mol. The van der Waals surface area contributed by atoms with Gasteiger partial charge in [-0.25, -0.2) is 4.79 Å². The first-order valence-corrected chi connectivity index (χ1v) is 7.97. The molecule has 0 saturated carbocycles. The van der Waals surface area contributed by atoms with E-state index in [4.69, 9.17) is 4.74 Å². The number of aromatic hydroxyl groups is 1. The Morgan fingerprint density at radius 3 is 2.19 bits per heavy atom. The molecule has 0 amide bonds. The highest BCUT2D eigenvalue weighted by Crippen LogP contribution is 2.22. The van der Waals surface area contributed by atoms with Gasteiger partial charge in [-0.2, -0.15) is 0 Å². The Hall–Kier alpha value is -3.62. The predicted octanol–water partition coefficient (Wildman–Crippen LogP) is 0.401. The van der Waals surface area contributed by atoms with Gasteiger partial charge in [-0.05, 0) is 24.3 Å². The lowest BCUT2D eigenvalue weighted by Gasteiger charge is -2.13. The number of nitrogens with zero attached hydrogens (tertiary/aromatic N) is 4. The molecule has 1 aromatic carbocycles. The average molecular weight is 370 g/mol. The molecule has 3 aromatic rings. The number of hydrogen-bond acceptors (Lipinski definition) is 6. The number of aliphatic imine (C=N–C) groups is 1.